The molecule has 162 valence electrons. The first-order valence-electron chi connectivity index (χ1n) is 11.8. The van der Waals surface area contributed by atoms with Gasteiger partial charge in [0.05, 0.1) is 12.2 Å². The molecule has 5 fully saturated rings. The minimum absolute atomic E-state index is 0.0233. The molecule has 4 aliphatic carbocycles. The van der Waals surface area contributed by atoms with Gasteiger partial charge in [-0.05, 0) is 93.3 Å². The second kappa shape index (κ2) is 6.32. The molecule has 0 amide bonds. The molecule has 5 aliphatic rings. The van der Waals surface area contributed by atoms with Crippen LogP contribution in [0, 0.1) is 34.5 Å². The van der Waals surface area contributed by atoms with E-state index in [0.29, 0.717) is 23.7 Å². The Labute approximate surface area is 175 Å². The highest BCUT2D eigenvalue weighted by Gasteiger charge is 2.68. The summed E-state index contributed by atoms with van der Waals surface area (Å²) >= 11 is 0. The van der Waals surface area contributed by atoms with Crippen LogP contribution in [0.15, 0.2) is 12.2 Å². The minimum Gasteiger partial charge on any atom is -0.463 e. The molecule has 0 aromatic carbocycles. The molecule has 0 aromatic heterocycles. The summed E-state index contributed by atoms with van der Waals surface area (Å²) in [5.41, 5.74) is 1.96. The monoisotopic (exact) mass is 402 g/mol. The third kappa shape index (κ3) is 2.81. The lowest BCUT2D eigenvalue weighted by Gasteiger charge is -2.63. The van der Waals surface area contributed by atoms with Gasteiger partial charge in [-0.2, -0.15) is 0 Å². The topological polar surface area (TPSA) is 44.8 Å². The van der Waals surface area contributed by atoms with Gasteiger partial charge in [-0.3, -0.25) is 4.79 Å². The van der Waals surface area contributed by atoms with Gasteiger partial charge in [0.25, 0.3) is 0 Å². The van der Waals surface area contributed by atoms with Gasteiger partial charge < -0.3 is 14.2 Å². The molecule has 29 heavy (non-hydrogen) atoms. The van der Waals surface area contributed by atoms with Crippen molar-refractivity contribution in [2.24, 2.45) is 34.5 Å². The number of hydrogen-bond acceptors (Lipinski definition) is 4. The molecule has 1 saturated heterocycles. The lowest BCUT2D eigenvalue weighted by atomic mass is 9.43. The molecular formula is C25H38O4. The van der Waals surface area contributed by atoms with Crippen molar-refractivity contribution in [3.05, 3.63) is 12.2 Å². The summed E-state index contributed by atoms with van der Waals surface area (Å²) in [5.74, 6) is 1.55. The van der Waals surface area contributed by atoms with Crippen LogP contribution in [0.1, 0.15) is 79.6 Å². The van der Waals surface area contributed by atoms with Crippen molar-refractivity contribution >= 4 is 5.97 Å². The molecule has 4 nitrogen and oxygen atoms in total. The van der Waals surface area contributed by atoms with Crippen molar-refractivity contribution < 1.29 is 19.0 Å². The third-order valence-corrected chi connectivity index (χ3v) is 9.78. The Hall–Kier alpha value is -0.870. The Bertz CT molecular complexity index is 728. The van der Waals surface area contributed by atoms with Gasteiger partial charge in [0.15, 0.2) is 5.79 Å². The van der Waals surface area contributed by atoms with Gasteiger partial charge in [-0.1, -0.05) is 26.0 Å². The van der Waals surface area contributed by atoms with E-state index in [0.717, 1.165) is 19.3 Å². The molecule has 5 rings (SSSR count). The van der Waals surface area contributed by atoms with Crippen LogP contribution in [0.5, 0.6) is 0 Å². The van der Waals surface area contributed by atoms with Gasteiger partial charge in [-0.25, -0.2) is 0 Å². The molecule has 0 radical (unpaired) electrons. The lowest BCUT2D eigenvalue weighted by molar-refractivity contribution is -0.190. The zero-order valence-electron chi connectivity index (χ0n) is 18.8. The quantitative estimate of drug-likeness (QED) is 0.443. The standard InChI is InChI=1S/C25H38O4/c1-14-7-8-17-20-18(10-12-24(14,17)5)25(6)11-9-16(27-15(2)26)13-19(25)21-22(20)29-23(3,4)28-21/h16-22H,1,7-13H2,2-6H3/t16-,17?,18?,19+,20-,21+,22+,24+,25+/m0/s1. The fraction of sp³-hybridized carbons (Fsp3) is 0.880. The molecular weight excluding hydrogens is 364 g/mol. The molecule has 4 heteroatoms. The average Bonchev–Trinajstić information content (AvgIpc) is 3.11. The summed E-state index contributed by atoms with van der Waals surface area (Å²) in [5, 5.41) is 0. The van der Waals surface area contributed by atoms with Crippen molar-refractivity contribution in [3.8, 4) is 0 Å². The van der Waals surface area contributed by atoms with Crippen molar-refractivity contribution in [1.29, 1.82) is 0 Å². The number of esters is 1. The van der Waals surface area contributed by atoms with Crippen LogP contribution in [-0.2, 0) is 19.0 Å². The third-order valence-electron chi connectivity index (χ3n) is 9.78. The molecule has 4 saturated carbocycles. The van der Waals surface area contributed by atoms with Crippen molar-refractivity contribution in [2.75, 3.05) is 0 Å². The van der Waals surface area contributed by atoms with E-state index in [1.807, 2.05) is 0 Å². The molecule has 1 heterocycles. The number of carbonyl (C=O) groups is 1. The van der Waals surface area contributed by atoms with E-state index >= 15 is 0 Å². The largest absolute Gasteiger partial charge is 0.463 e. The molecule has 2 unspecified atom stereocenters. The fourth-order valence-electron chi connectivity index (χ4n) is 8.40. The molecule has 1 aliphatic heterocycles. The smallest absolute Gasteiger partial charge is 0.302 e. The van der Waals surface area contributed by atoms with Crippen molar-refractivity contribution in [3.63, 3.8) is 0 Å². The maximum absolute atomic E-state index is 11.6. The summed E-state index contributed by atoms with van der Waals surface area (Å²) in [6, 6.07) is 0. The number of rotatable bonds is 1. The lowest BCUT2D eigenvalue weighted by Crippen LogP contribution is -2.63. The first-order valence-corrected chi connectivity index (χ1v) is 11.8. The predicted molar refractivity (Wildman–Crippen MR) is 111 cm³/mol. The van der Waals surface area contributed by atoms with E-state index in [-0.39, 0.29) is 35.1 Å². The summed E-state index contributed by atoms with van der Waals surface area (Å²) < 4.78 is 18.9. The highest BCUT2D eigenvalue weighted by Crippen LogP contribution is 2.69. The highest BCUT2D eigenvalue weighted by atomic mass is 16.8. The maximum atomic E-state index is 11.6. The molecule has 0 bridgehead atoms. The van der Waals surface area contributed by atoms with Gasteiger partial charge >= 0.3 is 5.97 Å². The Morgan fingerprint density at radius 3 is 2.45 bits per heavy atom. The van der Waals surface area contributed by atoms with Crippen LogP contribution in [0.4, 0.5) is 0 Å². The Balaban J connectivity index is 1.53. The number of fused-ring (bicyclic) bond motifs is 8. The summed E-state index contributed by atoms with van der Waals surface area (Å²) in [6.45, 7) is 15.1. The van der Waals surface area contributed by atoms with Crippen molar-refractivity contribution in [1.82, 2.24) is 0 Å². The van der Waals surface area contributed by atoms with E-state index in [1.165, 1.54) is 38.2 Å². The second-order valence-electron chi connectivity index (χ2n) is 11.6. The van der Waals surface area contributed by atoms with Crippen LogP contribution >= 0.6 is 0 Å². The Morgan fingerprint density at radius 1 is 1.00 bits per heavy atom. The summed E-state index contributed by atoms with van der Waals surface area (Å²) in [7, 11) is 0. The highest BCUT2D eigenvalue weighted by molar-refractivity contribution is 5.66. The number of ether oxygens (including phenoxy) is 3. The fourth-order valence-corrected chi connectivity index (χ4v) is 8.40. The number of allylic oxidation sites excluding steroid dienone is 1. The van der Waals surface area contributed by atoms with E-state index in [9.17, 15) is 4.79 Å². The Morgan fingerprint density at radius 2 is 1.72 bits per heavy atom. The second-order valence-corrected chi connectivity index (χ2v) is 11.6. The van der Waals surface area contributed by atoms with E-state index in [1.54, 1.807) is 0 Å². The normalized spacial score (nSPS) is 52.9. The zero-order chi connectivity index (χ0) is 20.8. The summed E-state index contributed by atoms with van der Waals surface area (Å²) in [6.07, 6.45) is 8.22. The SMILES string of the molecule is C=C1CCC2[C@H]3C(CC[C@]12C)[C@@]1(C)CC[C@H](OC(C)=O)C[C@@H]1[C@H]1OC(C)(C)O[C@H]31. The molecule has 0 spiro atoms. The number of hydrogen-bond donors (Lipinski definition) is 0. The predicted octanol–water partition coefficient (Wildman–Crippen LogP) is 5.26. The van der Waals surface area contributed by atoms with Gasteiger partial charge in [0.2, 0.25) is 0 Å². The van der Waals surface area contributed by atoms with Gasteiger partial charge in [0.1, 0.15) is 6.10 Å². The van der Waals surface area contributed by atoms with Gasteiger partial charge in [0, 0.05) is 6.92 Å². The van der Waals surface area contributed by atoms with E-state index < -0.39 is 5.79 Å². The van der Waals surface area contributed by atoms with Crippen LogP contribution in [0.3, 0.4) is 0 Å². The maximum Gasteiger partial charge on any atom is 0.302 e. The van der Waals surface area contributed by atoms with Crippen LogP contribution in [-0.4, -0.2) is 30.1 Å². The van der Waals surface area contributed by atoms with Crippen molar-refractivity contribution in [2.45, 2.75) is 104 Å². The molecule has 0 aromatic rings. The van der Waals surface area contributed by atoms with E-state index in [2.05, 4.69) is 34.3 Å². The van der Waals surface area contributed by atoms with E-state index in [4.69, 9.17) is 14.2 Å². The first-order chi connectivity index (χ1) is 13.6. The average molecular weight is 403 g/mol. The molecule has 9 atom stereocenters. The first kappa shape index (κ1) is 20.1. The zero-order valence-corrected chi connectivity index (χ0v) is 18.8. The molecule has 0 N–H and O–H groups in total. The van der Waals surface area contributed by atoms with Crippen LogP contribution in [0.25, 0.3) is 0 Å². The minimum atomic E-state index is -0.539. The number of carbonyl (C=O) groups excluding carboxylic acids is 1. The van der Waals surface area contributed by atoms with Gasteiger partial charge in [-0.15, -0.1) is 0 Å². The van der Waals surface area contributed by atoms with Crippen LogP contribution < -0.4 is 0 Å². The Kier molecular flexibility index (Phi) is 4.37. The summed E-state index contributed by atoms with van der Waals surface area (Å²) in [4.78, 5) is 11.6. The van der Waals surface area contributed by atoms with Crippen LogP contribution in [0.2, 0.25) is 0 Å².